The van der Waals surface area contributed by atoms with E-state index in [2.05, 4.69) is 116 Å². The summed E-state index contributed by atoms with van der Waals surface area (Å²) < 4.78 is 0. The first-order valence-electron chi connectivity index (χ1n) is 11.5. The predicted octanol–water partition coefficient (Wildman–Crippen LogP) is 6.89. The van der Waals surface area contributed by atoms with Crippen LogP contribution in [0.4, 0.5) is 11.4 Å². The molecule has 0 spiro atoms. The smallest absolute Gasteiger partial charge is 0.0652 e. The molecule has 0 bridgehead atoms. The van der Waals surface area contributed by atoms with Crippen molar-refractivity contribution in [3.8, 4) is 0 Å². The number of nitrogens with zero attached hydrogens (tertiary/aromatic N) is 1. The Kier molecular flexibility index (Phi) is 6.86. The lowest BCUT2D eigenvalue weighted by Crippen LogP contribution is -2.08. The number of rotatable bonds is 7. The second-order valence-corrected chi connectivity index (χ2v) is 7.74. The Balaban J connectivity index is 1.92. The molecule has 3 heteroatoms. The van der Waals surface area contributed by atoms with Gasteiger partial charge in [0.15, 0.2) is 0 Å². The molecule has 0 radical (unpaired) electrons. The average molecular weight is 422 g/mol. The Labute approximate surface area is 191 Å². The maximum atomic E-state index is 4.72. The summed E-state index contributed by atoms with van der Waals surface area (Å²) in [4.78, 5) is 4.72. The van der Waals surface area contributed by atoms with Crippen molar-refractivity contribution in [2.45, 2.75) is 20.8 Å². The Bertz CT molecular complexity index is 1100. The van der Waals surface area contributed by atoms with Gasteiger partial charge in [0.25, 0.3) is 0 Å². The van der Waals surface area contributed by atoms with E-state index in [1.54, 1.807) is 0 Å². The summed E-state index contributed by atoms with van der Waals surface area (Å²) in [6.45, 7) is 8.91. The van der Waals surface area contributed by atoms with Crippen molar-refractivity contribution in [1.29, 1.82) is 0 Å². The fraction of sp³-hybridized carbons (Fsp3) is 0.207. The normalized spacial score (nSPS) is 13.7. The van der Waals surface area contributed by atoms with Crippen molar-refractivity contribution in [2.75, 3.05) is 30.3 Å². The van der Waals surface area contributed by atoms with Gasteiger partial charge in [-0.1, -0.05) is 54.6 Å². The molecule has 4 rings (SSSR count). The number of hydrogen-bond donors (Lipinski definition) is 2. The van der Waals surface area contributed by atoms with E-state index in [0.29, 0.717) is 0 Å². The molecule has 3 aromatic rings. The van der Waals surface area contributed by atoms with E-state index in [9.17, 15) is 0 Å². The molecule has 0 aromatic heterocycles. The summed E-state index contributed by atoms with van der Waals surface area (Å²) in [5.41, 5.74) is 10.6. The quantitative estimate of drug-likeness (QED) is 0.436. The first-order valence-corrected chi connectivity index (χ1v) is 11.5. The number of benzene rings is 3. The van der Waals surface area contributed by atoms with Gasteiger partial charge in [-0.15, -0.1) is 0 Å². The second-order valence-electron chi connectivity index (χ2n) is 7.74. The summed E-state index contributed by atoms with van der Waals surface area (Å²) in [5, 5.41) is 6.79. The van der Waals surface area contributed by atoms with Gasteiger partial charge < -0.3 is 10.6 Å². The molecule has 0 saturated carbocycles. The number of anilines is 2. The molecular weight excluding hydrogens is 390 g/mol. The van der Waals surface area contributed by atoms with E-state index in [1.165, 1.54) is 33.4 Å². The van der Waals surface area contributed by atoms with Crippen molar-refractivity contribution >= 4 is 28.2 Å². The van der Waals surface area contributed by atoms with Gasteiger partial charge in [0.05, 0.1) is 5.71 Å². The van der Waals surface area contributed by atoms with Crippen molar-refractivity contribution in [1.82, 2.24) is 0 Å². The summed E-state index contributed by atoms with van der Waals surface area (Å²) in [5.74, 6) is 0. The molecule has 0 fully saturated rings. The van der Waals surface area contributed by atoms with Crippen molar-refractivity contribution in [2.24, 2.45) is 4.99 Å². The van der Waals surface area contributed by atoms with Gasteiger partial charge >= 0.3 is 0 Å². The van der Waals surface area contributed by atoms with Crippen molar-refractivity contribution in [3.05, 3.63) is 107 Å². The fourth-order valence-electron chi connectivity index (χ4n) is 4.20. The van der Waals surface area contributed by atoms with Crippen molar-refractivity contribution in [3.63, 3.8) is 0 Å². The summed E-state index contributed by atoms with van der Waals surface area (Å²) in [6, 6.07) is 26.1. The third kappa shape index (κ3) is 4.52. The highest BCUT2D eigenvalue weighted by Gasteiger charge is 2.19. The van der Waals surface area contributed by atoms with Crippen LogP contribution in [0, 0.1) is 0 Å². The van der Waals surface area contributed by atoms with Gasteiger partial charge in [0.1, 0.15) is 0 Å². The Morgan fingerprint density at radius 3 is 1.69 bits per heavy atom. The molecule has 32 heavy (non-hydrogen) atoms. The predicted molar refractivity (Wildman–Crippen MR) is 140 cm³/mol. The molecule has 1 aliphatic carbocycles. The number of hydrogen-bond acceptors (Lipinski definition) is 3. The molecule has 0 unspecified atom stereocenters. The van der Waals surface area contributed by atoms with Crippen LogP contribution in [0.15, 0.2) is 89.9 Å². The van der Waals surface area contributed by atoms with E-state index >= 15 is 0 Å². The Morgan fingerprint density at radius 1 is 0.656 bits per heavy atom. The average Bonchev–Trinajstić information content (AvgIpc) is 2.83. The van der Waals surface area contributed by atoms with E-state index < -0.39 is 0 Å². The topological polar surface area (TPSA) is 36.4 Å². The molecule has 2 N–H and O–H groups in total. The highest BCUT2D eigenvalue weighted by atomic mass is 14.9. The van der Waals surface area contributed by atoms with Crippen LogP contribution in [0.1, 0.15) is 43.0 Å². The monoisotopic (exact) mass is 421 g/mol. The lowest BCUT2D eigenvalue weighted by molar-refractivity contribution is 1.13. The molecule has 3 aromatic carbocycles. The molecule has 0 aliphatic heterocycles. The lowest BCUT2D eigenvalue weighted by Gasteiger charge is -2.21. The standard InChI is InChI=1S/C29H31N3/c1-4-30-23-15-11-21(12-16-23)29(22-13-17-24(18-14-22)31-5-2)27-19-20-28(32-6-3)26-10-8-7-9-25(26)27/h7-20,30-31H,4-6H2,1-3H3. The van der Waals surface area contributed by atoms with E-state index in [1.807, 2.05) is 0 Å². The van der Waals surface area contributed by atoms with Crippen LogP contribution in [0.2, 0.25) is 0 Å². The Morgan fingerprint density at radius 2 is 1.19 bits per heavy atom. The molecular formula is C29H31N3. The van der Waals surface area contributed by atoms with Gasteiger partial charge in [0, 0.05) is 36.6 Å². The van der Waals surface area contributed by atoms with E-state index in [0.717, 1.165) is 36.7 Å². The van der Waals surface area contributed by atoms with Crippen LogP contribution in [-0.4, -0.2) is 25.3 Å². The molecule has 1 aliphatic rings. The van der Waals surface area contributed by atoms with Gasteiger partial charge in [-0.2, -0.15) is 0 Å². The second kappa shape index (κ2) is 10.1. The van der Waals surface area contributed by atoms with Crippen LogP contribution in [-0.2, 0) is 0 Å². The van der Waals surface area contributed by atoms with Gasteiger partial charge in [-0.25, -0.2) is 0 Å². The minimum Gasteiger partial charge on any atom is -0.385 e. The zero-order valence-electron chi connectivity index (χ0n) is 19.2. The largest absolute Gasteiger partial charge is 0.385 e. The third-order valence-electron chi connectivity index (χ3n) is 5.61. The number of aliphatic imine (C=N–C) groups is 1. The highest BCUT2D eigenvalue weighted by Crippen LogP contribution is 2.37. The van der Waals surface area contributed by atoms with Crippen molar-refractivity contribution < 1.29 is 0 Å². The zero-order chi connectivity index (χ0) is 22.3. The molecule has 0 amide bonds. The van der Waals surface area contributed by atoms with Crippen LogP contribution < -0.4 is 10.6 Å². The highest BCUT2D eigenvalue weighted by molar-refractivity contribution is 6.19. The molecule has 0 saturated heterocycles. The van der Waals surface area contributed by atoms with Crippen LogP contribution in [0.25, 0.3) is 11.1 Å². The molecule has 3 nitrogen and oxygen atoms in total. The fourth-order valence-corrected chi connectivity index (χ4v) is 4.20. The summed E-state index contributed by atoms with van der Waals surface area (Å²) >= 11 is 0. The lowest BCUT2D eigenvalue weighted by atomic mass is 9.83. The summed E-state index contributed by atoms with van der Waals surface area (Å²) in [6.07, 6.45) is 4.38. The number of nitrogens with one attached hydrogen (secondary N) is 2. The zero-order valence-corrected chi connectivity index (χ0v) is 19.2. The third-order valence-corrected chi connectivity index (χ3v) is 5.61. The van der Waals surface area contributed by atoms with Gasteiger partial charge in [0.2, 0.25) is 0 Å². The number of allylic oxidation sites excluding steroid dienone is 3. The number of fused-ring (bicyclic) bond motifs is 1. The minimum atomic E-state index is 0.775. The molecule has 0 atom stereocenters. The van der Waals surface area contributed by atoms with Gasteiger partial charge in [-0.05, 0) is 78.9 Å². The summed E-state index contributed by atoms with van der Waals surface area (Å²) in [7, 11) is 0. The van der Waals surface area contributed by atoms with E-state index in [4.69, 9.17) is 4.99 Å². The maximum Gasteiger partial charge on any atom is 0.0652 e. The molecule has 162 valence electrons. The SMILES string of the molecule is CCN=C1C=CC(=C(c2ccc(NCC)cc2)c2ccc(NCC)cc2)c2ccccc21. The van der Waals surface area contributed by atoms with Crippen LogP contribution in [0.5, 0.6) is 0 Å². The molecule has 0 heterocycles. The first kappa shape index (κ1) is 21.6. The maximum absolute atomic E-state index is 4.72. The van der Waals surface area contributed by atoms with Crippen LogP contribution >= 0.6 is 0 Å². The van der Waals surface area contributed by atoms with Gasteiger partial charge in [-0.3, -0.25) is 4.99 Å². The van der Waals surface area contributed by atoms with E-state index in [-0.39, 0.29) is 0 Å². The Hall–Kier alpha value is -3.59. The first-order chi connectivity index (χ1) is 15.7. The van der Waals surface area contributed by atoms with Crippen LogP contribution in [0.3, 0.4) is 0 Å². The minimum absolute atomic E-state index is 0.775.